The molecule has 1 fully saturated rings. The van der Waals surface area contributed by atoms with Crippen LogP contribution in [0.15, 0.2) is 36.7 Å². The van der Waals surface area contributed by atoms with Crippen molar-refractivity contribution in [2.75, 3.05) is 42.7 Å². The van der Waals surface area contributed by atoms with Gasteiger partial charge in [-0.2, -0.15) is 4.31 Å². The Kier molecular flexibility index (Phi) is 8.82. The monoisotopic (exact) mass is 575 g/mol. The van der Waals surface area contributed by atoms with E-state index in [9.17, 15) is 8.42 Å². The largest absolute Gasteiger partial charge is 0.467 e. The molecule has 0 N–H and O–H groups in total. The molecule has 0 aliphatic carbocycles. The molecule has 0 atom stereocenters. The van der Waals surface area contributed by atoms with E-state index in [1.54, 1.807) is 15.6 Å². The highest BCUT2D eigenvalue weighted by atomic mass is 35.5. The van der Waals surface area contributed by atoms with Gasteiger partial charge in [-0.05, 0) is 48.1 Å². The Balaban J connectivity index is 1.18. The van der Waals surface area contributed by atoms with Gasteiger partial charge in [-0.25, -0.2) is 23.4 Å². The smallest absolute Gasteiger partial charge is 0.274 e. The standard InChI is InChI=1S/C27H34ClN5O3S2/c1-2-4-20-18-29-26(30-19-20)32-12-9-23(10-13-32)36-27-31-24-6-5-22(17-25(24)37-27)21-7-14-33(15-8-21)38(34,35)16-3-11-28/h5-7,17-19,23H,2-4,8-16H2,1H3. The van der Waals surface area contributed by atoms with Crippen molar-refractivity contribution in [2.24, 2.45) is 0 Å². The highest BCUT2D eigenvalue weighted by Crippen LogP contribution is 2.33. The predicted octanol–water partition coefficient (Wildman–Crippen LogP) is 5.13. The van der Waals surface area contributed by atoms with E-state index in [0.29, 0.717) is 37.0 Å². The number of sulfonamides is 1. The number of aromatic nitrogens is 3. The molecule has 5 rings (SSSR count). The molecule has 38 heavy (non-hydrogen) atoms. The summed E-state index contributed by atoms with van der Waals surface area (Å²) in [6.07, 6.45) is 11.1. The molecule has 2 aliphatic heterocycles. The molecular weight excluding hydrogens is 542 g/mol. The molecule has 3 aromatic rings. The minimum atomic E-state index is -3.25. The average molecular weight is 576 g/mol. The third-order valence-electron chi connectivity index (χ3n) is 7.06. The van der Waals surface area contributed by atoms with Gasteiger partial charge in [-0.3, -0.25) is 0 Å². The molecule has 0 unspecified atom stereocenters. The zero-order valence-corrected chi connectivity index (χ0v) is 24.1. The molecule has 4 heterocycles. The van der Waals surface area contributed by atoms with Gasteiger partial charge in [-0.1, -0.05) is 36.8 Å². The van der Waals surface area contributed by atoms with Crippen LogP contribution in [-0.2, 0) is 16.4 Å². The van der Waals surface area contributed by atoms with Gasteiger partial charge < -0.3 is 9.64 Å². The quantitative estimate of drug-likeness (QED) is 0.309. The Bertz CT molecular complexity index is 1370. The summed E-state index contributed by atoms with van der Waals surface area (Å²) in [6, 6.07) is 6.24. The number of nitrogens with zero attached hydrogens (tertiary/aromatic N) is 5. The van der Waals surface area contributed by atoms with Crippen LogP contribution in [0.3, 0.4) is 0 Å². The predicted molar refractivity (Wildman–Crippen MR) is 155 cm³/mol. The maximum atomic E-state index is 12.5. The van der Waals surface area contributed by atoms with Crippen LogP contribution in [0.25, 0.3) is 15.8 Å². The van der Waals surface area contributed by atoms with Crippen LogP contribution < -0.4 is 9.64 Å². The molecule has 8 nitrogen and oxygen atoms in total. The molecular formula is C27H34ClN5O3S2. The van der Waals surface area contributed by atoms with Crippen molar-refractivity contribution in [3.8, 4) is 5.19 Å². The summed E-state index contributed by atoms with van der Waals surface area (Å²) in [4.78, 5) is 16.0. The lowest BCUT2D eigenvalue weighted by Crippen LogP contribution is -2.39. The lowest BCUT2D eigenvalue weighted by molar-refractivity contribution is 0.170. The lowest BCUT2D eigenvalue weighted by atomic mass is 10.0. The van der Waals surface area contributed by atoms with Crippen LogP contribution in [0.2, 0.25) is 0 Å². The van der Waals surface area contributed by atoms with Gasteiger partial charge in [0.25, 0.3) is 5.19 Å². The van der Waals surface area contributed by atoms with Crippen molar-refractivity contribution in [3.63, 3.8) is 0 Å². The van der Waals surface area contributed by atoms with Crippen LogP contribution in [-0.4, -0.2) is 71.6 Å². The first-order valence-electron chi connectivity index (χ1n) is 13.3. The Morgan fingerprint density at radius 2 is 1.95 bits per heavy atom. The molecule has 0 bridgehead atoms. The van der Waals surface area contributed by atoms with Crippen molar-refractivity contribution in [1.82, 2.24) is 19.3 Å². The van der Waals surface area contributed by atoms with Gasteiger partial charge in [-0.15, -0.1) is 11.6 Å². The Labute approximate surface area is 233 Å². The van der Waals surface area contributed by atoms with Crippen molar-refractivity contribution >= 4 is 54.7 Å². The van der Waals surface area contributed by atoms with E-state index in [2.05, 4.69) is 33.9 Å². The average Bonchev–Trinajstić information content (AvgIpc) is 3.34. The molecule has 1 aromatic carbocycles. The number of piperidine rings is 1. The maximum absolute atomic E-state index is 12.5. The zero-order chi connectivity index (χ0) is 26.5. The van der Waals surface area contributed by atoms with E-state index >= 15 is 0 Å². The second-order valence-electron chi connectivity index (χ2n) is 9.80. The topological polar surface area (TPSA) is 88.5 Å². The number of fused-ring (bicyclic) bond motifs is 1. The molecule has 0 radical (unpaired) electrons. The molecule has 2 aromatic heterocycles. The summed E-state index contributed by atoms with van der Waals surface area (Å²) in [5.74, 6) is 1.26. The summed E-state index contributed by atoms with van der Waals surface area (Å²) >= 11 is 7.25. The molecule has 1 saturated heterocycles. The third-order valence-corrected chi connectivity index (χ3v) is 10.2. The van der Waals surface area contributed by atoms with Gasteiger partial charge in [0.2, 0.25) is 16.0 Å². The van der Waals surface area contributed by atoms with E-state index in [1.165, 1.54) is 11.1 Å². The Hall–Kier alpha value is -2.27. The first-order valence-corrected chi connectivity index (χ1v) is 16.3. The van der Waals surface area contributed by atoms with Gasteiger partial charge in [0, 0.05) is 57.3 Å². The van der Waals surface area contributed by atoms with Gasteiger partial charge in [0.1, 0.15) is 6.10 Å². The van der Waals surface area contributed by atoms with Crippen molar-refractivity contribution in [1.29, 1.82) is 0 Å². The van der Waals surface area contributed by atoms with Crippen LogP contribution in [0.5, 0.6) is 5.19 Å². The zero-order valence-electron chi connectivity index (χ0n) is 21.7. The number of aryl methyl sites for hydroxylation is 1. The second kappa shape index (κ2) is 12.3. The fraction of sp³-hybridized carbons (Fsp3) is 0.519. The molecule has 204 valence electrons. The number of ether oxygens (including phenoxy) is 1. The van der Waals surface area contributed by atoms with E-state index in [0.717, 1.165) is 60.5 Å². The SMILES string of the molecule is CCCc1cnc(N2CCC(Oc3nc4ccc(C5=CCN(S(=O)(=O)CCCCl)CC5)cc4s3)CC2)nc1. The summed E-state index contributed by atoms with van der Waals surface area (Å²) < 4.78 is 33.8. The fourth-order valence-electron chi connectivity index (χ4n) is 4.93. The number of hydrogen-bond donors (Lipinski definition) is 0. The van der Waals surface area contributed by atoms with Crippen LogP contribution in [0.1, 0.15) is 50.2 Å². The van der Waals surface area contributed by atoms with E-state index in [1.807, 2.05) is 24.5 Å². The molecule has 0 amide bonds. The van der Waals surface area contributed by atoms with Gasteiger partial charge in [0.15, 0.2) is 0 Å². The summed E-state index contributed by atoms with van der Waals surface area (Å²) in [6.45, 7) is 4.78. The van der Waals surface area contributed by atoms with Crippen molar-refractivity contribution in [2.45, 2.75) is 51.6 Å². The normalized spacial score (nSPS) is 17.6. The molecule has 0 saturated carbocycles. The molecule has 2 aliphatic rings. The van der Waals surface area contributed by atoms with Crippen LogP contribution in [0, 0.1) is 0 Å². The summed E-state index contributed by atoms with van der Waals surface area (Å²) in [5, 5.41) is 0.699. The third kappa shape index (κ3) is 6.47. The maximum Gasteiger partial charge on any atom is 0.274 e. The highest BCUT2D eigenvalue weighted by molar-refractivity contribution is 7.89. The Morgan fingerprint density at radius 1 is 1.16 bits per heavy atom. The van der Waals surface area contributed by atoms with E-state index in [4.69, 9.17) is 21.3 Å². The number of anilines is 1. The van der Waals surface area contributed by atoms with Gasteiger partial charge in [0.05, 0.1) is 16.0 Å². The van der Waals surface area contributed by atoms with E-state index < -0.39 is 10.0 Å². The van der Waals surface area contributed by atoms with Crippen LogP contribution >= 0.6 is 22.9 Å². The minimum Gasteiger partial charge on any atom is -0.467 e. The first-order chi connectivity index (χ1) is 18.4. The lowest BCUT2D eigenvalue weighted by Gasteiger charge is -2.31. The molecule has 11 heteroatoms. The number of hydrogen-bond acceptors (Lipinski definition) is 8. The fourth-order valence-corrected chi connectivity index (χ4v) is 7.58. The molecule has 0 spiro atoms. The van der Waals surface area contributed by atoms with Gasteiger partial charge >= 0.3 is 0 Å². The number of rotatable bonds is 10. The van der Waals surface area contributed by atoms with E-state index in [-0.39, 0.29) is 11.9 Å². The number of alkyl halides is 1. The Morgan fingerprint density at radius 3 is 2.63 bits per heavy atom. The minimum absolute atomic E-state index is 0.105. The number of benzene rings is 1. The summed E-state index contributed by atoms with van der Waals surface area (Å²) in [5.41, 5.74) is 4.39. The second-order valence-corrected chi connectivity index (χ2v) is 13.3. The number of thiazole rings is 1. The summed E-state index contributed by atoms with van der Waals surface area (Å²) in [7, 11) is -3.25. The number of halogens is 1. The van der Waals surface area contributed by atoms with Crippen molar-refractivity contribution < 1.29 is 13.2 Å². The highest BCUT2D eigenvalue weighted by Gasteiger charge is 2.25. The first kappa shape index (κ1) is 27.3. The van der Waals surface area contributed by atoms with Crippen molar-refractivity contribution in [3.05, 3.63) is 47.8 Å². The van der Waals surface area contributed by atoms with Crippen LogP contribution in [0.4, 0.5) is 5.95 Å².